The second kappa shape index (κ2) is 15.3. The molecule has 15 heteroatoms. The summed E-state index contributed by atoms with van der Waals surface area (Å²) in [4.78, 5) is 18.2. The lowest BCUT2D eigenvalue weighted by Gasteiger charge is -2.04. The molecule has 10 rings (SSSR count). The van der Waals surface area contributed by atoms with Crippen molar-refractivity contribution < 1.29 is 4.42 Å². The lowest BCUT2D eigenvalue weighted by Crippen LogP contribution is -2.07. The van der Waals surface area contributed by atoms with Gasteiger partial charge < -0.3 is 15.9 Å². The molecule has 0 radical (unpaired) electrons. The number of hydrogen-bond acceptors (Lipinski definition) is 11. The van der Waals surface area contributed by atoms with Gasteiger partial charge in [-0.2, -0.15) is 29.2 Å². The van der Waals surface area contributed by atoms with E-state index in [1.54, 1.807) is 35.3 Å². The number of rotatable bonds is 8. The van der Waals surface area contributed by atoms with E-state index in [0.29, 0.717) is 46.8 Å². The van der Waals surface area contributed by atoms with Crippen molar-refractivity contribution in [2.45, 2.75) is 39.8 Å². The van der Waals surface area contributed by atoms with E-state index in [1.165, 1.54) is 15.6 Å². The summed E-state index contributed by atoms with van der Waals surface area (Å²) < 4.78 is 12.2. The van der Waals surface area contributed by atoms with E-state index in [9.17, 15) is 0 Å². The molecule has 0 unspecified atom stereocenters. The van der Waals surface area contributed by atoms with E-state index in [-0.39, 0.29) is 5.95 Å². The van der Waals surface area contributed by atoms with Gasteiger partial charge in [0.15, 0.2) is 34.2 Å². The Hall–Kier alpha value is -7.42. The number of anilines is 2. The molecule has 0 fully saturated rings. The predicted molar refractivity (Wildman–Crippen MR) is 212 cm³/mol. The highest BCUT2D eigenvalue weighted by Crippen LogP contribution is 2.25. The molecule has 3 aromatic carbocycles. The molecule has 0 aliphatic rings. The molecule has 0 aliphatic heterocycles. The van der Waals surface area contributed by atoms with Crippen molar-refractivity contribution in [2.75, 3.05) is 11.5 Å². The average molecular weight is 731 g/mol. The van der Waals surface area contributed by atoms with E-state index in [0.717, 1.165) is 41.4 Å². The van der Waals surface area contributed by atoms with Crippen LogP contribution in [0.25, 0.3) is 56.3 Å². The normalized spacial score (nSPS) is 11.2. The van der Waals surface area contributed by atoms with Crippen LogP contribution in [0, 0.1) is 0 Å². The first-order chi connectivity index (χ1) is 27.1. The van der Waals surface area contributed by atoms with Crippen molar-refractivity contribution in [3.63, 3.8) is 0 Å². The first-order valence-corrected chi connectivity index (χ1v) is 18.0. The van der Waals surface area contributed by atoms with Crippen LogP contribution in [0.4, 0.5) is 11.9 Å². The molecule has 0 saturated heterocycles. The quantitative estimate of drug-likeness (QED) is 0.173. The minimum absolute atomic E-state index is 0.263. The third-order valence-electron chi connectivity index (χ3n) is 8.88. The molecule has 7 aromatic heterocycles. The summed E-state index contributed by atoms with van der Waals surface area (Å²) in [5, 5.41) is 19.5. The number of aromatic nitrogens is 12. The Morgan fingerprint density at radius 3 is 1.49 bits per heavy atom. The summed E-state index contributed by atoms with van der Waals surface area (Å²) in [6, 6.07) is 34.0. The van der Waals surface area contributed by atoms with Gasteiger partial charge in [-0.1, -0.05) is 105 Å². The molecular weight excluding hydrogens is 693 g/mol. The maximum Gasteiger partial charge on any atom is 0.225 e. The summed E-state index contributed by atoms with van der Waals surface area (Å²) in [7, 11) is 0. The van der Waals surface area contributed by atoms with E-state index in [2.05, 4.69) is 64.6 Å². The Labute approximate surface area is 314 Å². The fourth-order valence-electron chi connectivity index (χ4n) is 6.22. The van der Waals surface area contributed by atoms with Gasteiger partial charge in [-0.25, -0.2) is 19.3 Å². The van der Waals surface area contributed by atoms with Crippen LogP contribution in [0.1, 0.15) is 25.0 Å². The molecule has 0 saturated carbocycles. The SMILES string of the molecule is CC.Nc1nc2c(cnn2CCc2ccccc2)c2nc(-c3ccccc3)nn12.Nc1nc2c(cnn2CCc2ccccc2)c2nc(-c3ccco3)nn12. The highest BCUT2D eigenvalue weighted by molar-refractivity contribution is 5.91. The number of nitrogens with zero attached hydrogens (tertiary/aromatic N) is 12. The second-order valence-corrected chi connectivity index (χ2v) is 12.3. The Bertz CT molecular complexity index is 2800. The Balaban J connectivity index is 0.000000149. The number of aryl methyl sites for hydroxylation is 4. The summed E-state index contributed by atoms with van der Waals surface area (Å²) >= 11 is 0. The molecule has 0 aliphatic carbocycles. The molecule has 4 N–H and O–H groups in total. The fourth-order valence-corrected chi connectivity index (χ4v) is 6.22. The highest BCUT2D eigenvalue weighted by Gasteiger charge is 2.18. The highest BCUT2D eigenvalue weighted by atomic mass is 16.3. The molecular formula is C40H38N14O. The number of nitrogens with two attached hydrogens (primary N) is 2. The Morgan fingerprint density at radius 2 is 1.00 bits per heavy atom. The third-order valence-corrected chi connectivity index (χ3v) is 8.88. The maximum atomic E-state index is 6.16. The van der Waals surface area contributed by atoms with Crippen molar-refractivity contribution in [2.24, 2.45) is 0 Å². The van der Waals surface area contributed by atoms with Crippen molar-refractivity contribution >= 4 is 45.3 Å². The fraction of sp³-hybridized carbons (Fsp3) is 0.150. The number of benzene rings is 3. The second-order valence-electron chi connectivity index (χ2n) is 12.3. The third kappa shape index (κ3) is 6.93. The topological polar surface area (TPSA) is 187 Å². The molecule has 15 nitrogen and oxygen atoms in total. The molecule has 0 amide bonds. The van der Waals surface area contributed by atoms with Gasteiger partial charge in [0.05, 0.1) is 29.4 Å². The molecule has 55 heavy (non-hydrogen) atoms. The van der Waals surface area contributed by atoms with Gasteiger partial charge in [0.1, 0.15) is 0 Å². The van der Waals surface area contributed by atoms with Crippen LogP contribution in [-0.4, -0.2) is 58.7 Å². The van der Waals surface area contributed by atoms with E-state index >= 15 is 0 Å². The van der Waals surface area contributed by atoms with E-state index < -0.39 is 0 Å². The lowest BCUT2D eigenvalue weighted by atomic mass is 10.1. The van der Waals surface area contributed by atoms with Gasteiger partial charge in [0, 0.05) is 18.7 Å². The number of hydrogen-bond donors (Lipinski definition) is 2. The Kier molecular flexibility index (Phi) is 9.63. The monoisotopic (exact) mass is 730 g/mol. The van der Waals surface area contributed by atoms with Gasteiger partial charge in [-0.3, -0.25) is 0 Å². The van der Waals surface area contributed by atoms with Gasteiger partial charge in [0.2, 0.25) is 17.7 Å². The van der Waals surface area contributed by atoms with E-state index in [4.69, 9.17) is 15.9 Å². The molecule has 7 heterocycles. The van der Waals surface area contributed by atoms with Crippen LogP contribution >= 0.6 is 0 Å². The van der Waals surface area contributed by atoms with Gasteiger partial charge in [0.25, 0.3) is 0 Å². The van der Waals surface area contributed by atoms with Crippen LogP contribution in [-0.2, 0) is 25.9 Å². The smallest absolute Gasteiger partial charge is 0.225 e. The zero-order chi connectivity index (χ0) is 37.7. The Morgan fingerprint density at radius 1 is 0.527 bits per heavy atom. The van der Waals surface area contributed by atoms with Crippen molar-refractivity contribution in [3.05, 3.63) is 133 Å². The summed E-state index contributed by atoms with van der Waals surface area (Å²) in [6.07, 6.45) is 6.84. The zero-order valence-corrected chi connectivity index (χ0v) is 30.3. The first kappa shape index (κ1) is 34.7. The van der Waals surface area contributed by atoms with E-state index in [1.807, 2.05) is 89.9 Å². The largest absolute Gasteiger partial charge is 0.461 e. The standard InChI is InChI=1S/C20H17N7.C18H15N7O.C2H6/c21-20-24-18-16(13-22-26(18)12-11-14-7-3-1-4-8-14)19-23-17(25-27(19)20)15-9-5-2-6-10-15;19-18-22-16-13(11-20-24(16)9-8-12-5-2-1-3-6-12)17-21-15(23-25(17)18)14-7-4-10-26-14;1-2/h1-10,13H,11-12H2,(H2,21,24);1-7,10-11H,8-9H2,(H2,19,22);1-2H3. The molecule has 0 bridgehead atoms. The summed E-state index contributed by atoms with van der Waals surface area (Å²) in [5.74, 6) is 2.23. The van der Waals surface area contributed by atoms with Gasteiger partial charge in [-0.05, 0) is 36.1 Å². The van der Waals surface area contributed by atoms with Crippen LogP contribution in [0.3, 0.4) is 0 Å². The summed E-state index contributed by atoms with van der Waals surface area (Å²) in [5.41, 5.74) is 18.4. The minimum atomic E-state index is 0.263. The maximum absolute atomic E-state index is 6.16. The molecule has 274 valence electrons. The molecule has 10 aromatic rings. The van der Waals surface area contributed by atoms with Crippen molar-refractivity contribution in [1.82, 2.24) is 58.7 Å². The number of nitrogen functional groups attached to an aromatic ring is 2. The van der Waals surface area contributed by atoms with Crippen molar-refractivity contribution in [1.29, 1.82) is 0 Å². The first-order valence-electron chi connectivity index (χ1n) is 18.0. The molecule has 0 spiro atoms. The lowest BCUT2D eigenvalue weighted by molar-refractivity contribution is 0.577. The zero-order valence-electron chi connectivity index (χ0n) is 30.3. The summed E-state index contributed by atoms with van der Waals surface area (Å²) in [6.45, 7) is 5.42. The van der Waals surface area contributed by atoms with Crippen molar-refractivity contribution in [3.8, 4) is 23.0 Å². The van der Waals surface area contributed by atoms with Gasteiger partial charge in [-0.15, -0.1) is 10.2 Å². The van der Waals surface area contributed by atoms with Crippen LogP contribution in [0.15, 0.2) is 126 Å². The predicted octanol–water partition coefficient (Wildman–Crippen LogP) is 6.55. The molecule has 0 atom stereocenters. The van der Waals surface area contributed by atoms with Gasteiger partial charge >= 0.3 is 0 Å². The van der Waals surface area contributed by atoms with Crippen LogP contribution in [0.5, 0.6) is 0 Å². The minimum Gasteiger partial charge on any atom is -0.461 e. The van der Waals surface area contributed by atoms with Crippen LogP contribution < -0.4 is 11.5 Å². The number of fused-ring (bicyclic) bond motifs is 6. The average Bonchev–Trinajstić information content (AvgIpc) is 4.09. The number of furan rings is 1. The van der Waals surface area contributed by atoms with Crippen LogP contribution in [0.2, 0.25) is 0 Å².